The maximum absolute atomic E-state index is 13.0. The molecule has 0 aliphatic heterocycles. The van der Waals surface area contributed by atoms with Crippen molar-refractivity contribution in [2.24, 2.45) is 0 Å². The number of anilines is 2. The number of nitrogens with two attached hydrogens (primary N) is 1. The van der Waals surface area contributed by atoms with E-state index in [-0.39, 0.29) is 11.6 Å². The van der Waals surface area contributed by atoms with E-state index in [1.165, 1.54) is 18.2 Å². The molecule has 0 saturated carbocycles. The SMILES string of the molecule is Cc1ccc(NC(=O)c2ccc(F)c(N)c2)cc1Br. The van der Waals surface area contributed by atoms with E-state index in [1.807, 2.05) is 13.0 Å². The first-order valence-electron chi connectivity index (χ1n) is 5.60. The minimum Gasteiger partial charge on any atom is -0.396 e. The summed E-state index contributed by atoms with van der Waals surface area (Å²) in [5.74, 6) is -0.864. The van der Waals surface area contributed by atoms with Crippen LogP contribution in [0, 0.1) is 12.7 Å². The summed E-state index contributed by atoms with van der Waals surface area (Å²) < 4.78 is 13.9. The van der Waals surface area contributed by atoms with Crippen LogP contribution in [0.5, 0.6) is 0 Å². The predicted molar refractivity (Wildman–Crippen MR) is 77.6 cm³/mol. The molecule has 5 heteroatoms. The van der Waals surface area contributed by atoms with E-state index in [9.17, 15) is 9.18 Å². The van der Waals surface area contributed by atoms with Crippen LogP contribution in [-0.2, 0) is 0 Å². The summed E-state index contributed by atoms with van der Waals surface area (Å²) in [6, 6.07) is 9.37. The van der Waals surface area contributed by atoms with Crippen LogP contribution in [-0.4, -0.2) is 5.91 Å². The van der Waals surface area contributed by atoms with Gasteiger partial charge >= 0.3 is 0 Å². The van der Waals surface area contributed by atoms with Gasteiger partial charge in [-0.15, -0.1) is 0 Å². The van der Waals surface area contributed by atoms with Gasteiger partial charge in [0.1, 0.15) is 5.82 Å². The van der Waals surface area contributed by atoms with Crippen LogP contribution in [0.1, 0.15) is 15.9 Å². The Labute approximate surface area is 118 Å². The molecule has 19 heavy (non-hydrogen) atoms. The Morgan fingerprint density at radius 3 is 2.63 bits per heavy atom. The number of halogens is 2. The van der Waals surface area contributed by atoms with Gasteiger partial charge in [-0.3, -0.25) is 4.79 Å². The van der Waals surface area contributed by atoms with Crippen molar-refractivity contribution in [2.45, 2.75) is 6.92 Å². The average Bonchev–Trinajstić information content (AvgIpc) is 2.37. The number of hydrogen-bond donors (Lipinski definition) is 2. The van der Waals surface area contributed by atoms with Crippen molar-refractivity contribution in [3.8, 4) is 0 Å². The molecule has 0 aliphatic carbocycles. The fraction of sp³-hybridized carbons (Fsp3) is 0.0714. The molecule has 0 aliphatic rings. The topological polar surface area (TPSA) is 55.1 Å². The molecule has 0 spiro atoms. The smallest absolute Gasteiger partial charge is 0.255 e. The zero-order valence-corrected chi connectivity index (χ0v) is 11.8. The summed E-state index contributed by atoms with van der Waals surface area (Å²) in [6.45, 7) is 1.95. The van der Waals surface area contributed by atoms with E-state index in [1.54, 1.807) is 12.1 Å². The number of benzene rings is 2. The summed E-state index contributed by atoms with van der Waals surface area (Å²) in [5.41, 5.74) is 7.44. The minimum absolute atomic E-state index is 0.0438. The van der Waals surface area contributed by atoms with Crippen molar-refractivity contribution in [3.63, 3.8) is 0 Å². The van der Waals surface area contributed by atoms with E-state index >= 15 is 0 Å². The molecule has 0 fully saturated rings. The van der Waals surface area contributed by atoms with Gasteiger partial charge in [0.25, 0.3) is 5.91 Å². The first-order chi connectivity index (χ1) is 8.97. The number of aryl methyl sites for hydroxylation is 1. The summed E-state index contributed by atoms with van der Waals surface area (Å²) in [6.07, 6.45) is 0. The second-order valence-corrected chi connectivity index (χ2v) is 5.01. The lowest BCUT2D eigenvalue weighted by Crippen LogP contribution is -2.12. The second kappa shape index (κ2) is 5.40. The van der Waals surface area contributed by atoms with Crippen molar-refractivity contribution in [2.75, 3.05) is 11.1 Å². The van der Waals surface area contributed by atoms with Crippen LogP contribution in [0.15, 0.2) is 40.9 Å². The third-order valence-corrected chi connectivity index (χ3v) is 3.54. The van der Waals surface area contributed by atoms with Gasteiger partial charge in [0.05, 0.1) is 5.69 Å². The molecule has 3 N–H and O–H groups in total. The first-order valence-corrected chi connectivity index (χ1v) is 6.39. The summed E-state index contributed by atoms with van der Waals surface area (Å²) in [4.78, 5) is 12.0. The summed E-state index contributed by atoms with van der Waals surface area (Å²) >= 11 is 3.39. The zero-order valence-electron chi connectivity index (χ0n) is 10.2. The van der Waals surface area contributed by atoms with Crippen LogP contribution >= 0.6 is 15.9 Å². The maximum Gasteiger partial charge on any atom is 0.255 e. The molecule has 0 heterocycles. The van der Waals surface area contributed by atoms with Crippen molar-refractivity contribution in [1.29, 1.82) is 0 Å². The Morgan fingerprint density at radius 1 is 1.26 bits per heavy atom. The standard InChI is InChI=1S/C14H12BrFN2O/c1-8-2-4-10(7-11(8)15)18-14(19)9-3-5-12(16)13(17)6-9/h2-7H,17H2,1H3,(H,18,19). The van der Waals surface area contributed by atoms with E-state index in [4.69, 9.17) is 5.73 Å². The molecule has 2 aromatic rings. The molecule has 0 unspecified atom stereocenters. The van der Waals surface area contributed by atoms with Crippen LogP contribution in [0.4, 0.5) is 15.8 Å². The molecule has 1 amide bonds. The lowest BCUT2D eigenvalue weighted by Gasteiger charge is -2.07. The van der Waals surface area contributed by atoms with Crippen molar-refractivity contribution < 1.29 is 9.18 Å². The van der Waals surface area contributed by atoms with Crippen molar-refractivity contribution in [3.05, 3.63) is 57.8 Å². The highest BCUT2D eigenvalue weighted by atomic mass is 79.9. The summed E-state index contributed by atoms with van der Waals surface area (Å²) in [7, 11) is 0. The van der Waals surface area contributed by atoms with E-state index in [2.05, 4.69) is 21.2 Å². The maximum atomic E-state index is 13.0. The lowest BCUT2D eigenvalue weighted by atomic mass is 10.1. The quantitative estimate of drug-likeness (QED) is 0.828. The molecule has 0 atom stereocenters. The number of hydrogen-bond acceptors (Lipinski definition) is 2. The Hall–Kier alpha value is -1.88. The fourth-order valence-electron chi connectivity index (χ4n) is 1.56. The molecule has 0 aromatic heterocycles. The van der Waals surface area contributed by atoms with Crippen LogP contribution in [0.3, 0.4) is 0 Å². The minimum atomic E-state index is -0.533. The number of amides is 1. The number of rotatable bonds is 2. The molecule has 98 valence electrons. The number of carbonyl (C=O) groups excluding carboxylic acids is 1. The zero-order chi connectivity index (χ0) is 14.0. The van der Waals surface area contributed by atoms with Gasteiger partial charge in [-0.25, -0.2) is 4.39 Å². The van der Waals surface area contributed by atoms with Gasteiger partial charge in [0, 0.05) is 15.7 Å². The van der Waals surface area contributed by atoms with Gasteiger partial charge in [0.2, 0.25) is 0 Å². The Morgan fingerprint density at radius 2 is 2.00 bits per heavy atom. The van der Waals surface area contributed by atoms with Crippen molar-refractivity contribution >= 4 is 33.2 Å². The highest BCUT2D eigenvalue weighted by Crippen LogP contribution is 2.21. The van der Waals surface area contributed by atoms with Crippen LogP contribution in [0.2, 0.25) is 0 Å². The number of carbonyl (C=O) groups is 1. The normalized spacial score (nSPS) is 10.3. The third kappa shape index (κ3) is 3.12. The van der Waals surface area contributed by atoms with Gasteiger partial charge in [-0.2, -0.15) is 0 Å². The molecule has 0 saturated heterocycles. The highest BCUT2D eigenvalue weighted by molar-refractivity contribution is 9.10. The van der Waals surface area contributed by atoms with Gasteiger partial charge in [-0.05, 0) is 42.8 Å². The van der Waals surface area contributed by atoms with Gasteiger partial charge < -0.3 is 11.1 Å². The largest absolute Gasteiger partial charge is 0.396 e. The first kappa shape index (κ1) is 13.5. The molecule has 0 radical (unpaired) electrons. The van der Waals surface area contributed by atoms with Crippen molar-refractivity contribution in [1.82, 2.24) is 0 Å². The monoisotopic (exact) mass is 322 g/mol. The molecule has 0 bridgehead atoms. The van der Waals surface area contributed by atoms with Gasteiger partial charge in [-0.1, -0.05) is 22.0 Å². The molecule has 2 rings (SSSR count). The molecular formula is C14H12BrFN2O. The molecular weight excluding hydrogens is 311 g/mol. The van der Waals surface area contributed by atoms with E-state index in [0.29, 0.717) is 11.3 Å². The third-order valence-electron chi connectivity index (χ3n) is 2.69. The van der Waals surface area contributed by atoms with E-state index < -0.39 is 5.82 Å². The fourth-order valence-corrected chi connectivity index (χ4v) is 1.94. The molecule has 2 aromatic carbocycles. The number of nitrogen functional groups attached to an aromatic ring is 1. The second-order valence-electron chi connectivity index (χ2n) is 4.15. The van der Waals surface area contributed by atoms with E-state index in [0.717, 1.165) is 10.0 Å². The Bertz CT molecular complexity index is 643. The predicted octanol–water partition coefficient (Wildman–Crippen LogP) is 3.73. The highest BCUT2D eigenvalue weighted by Gasteiger charge is 2.09. The molecule has 3 nitrogen and oxygen atoms in total. The Kier molecular flexibility index (Phi) is 3.85. The number of nitrogens with one attached hydrogen (secondary N) is 1. The Balaban J connectivity index is 2.20. The lowest BCUT2D eigenvalue weighted by molar-refractivity contribution is 0.102. The van der Waals surface area contributed by atoms with Crippen LogP contribution < -0.4 is 11.1 Å². The summed E-state index contributed by atoms with van der Waals surface area (Å²) in [5, 5.41) is 2.73. The van der Waals surface area contributed by atoms with Gasteiger partial charge in [0.15, 0.2) is 0 Å². The van der Waals surface area contributed by atoms with Crippen LogP contribution in [0.25, 0.3) is 0 Å². The average molecular weight is 323 g/mol.